The number of halogens is 10. The molecule has 232 valence electrons. The molecule has 0 saturated carbocycles. The molecule has 11 heteroatoms. The molecular formula is C30H36F10O. The molecule has 2 aromatic carbocycles. The Morgan fingerprint density at radius 3 is 1.17 bits per heavy atom. The minimum atomic E-state index is -5.01. The van der Waals surface area contributed by atoms with Gasteiger partial charge in [0.25, 0.3) is 11.8 Å². The highest BCUT2D eigenvalue weighted by Gasteiger charge is 2.54. The van der Waals surface area contributed by atoms with Crippen molar-refractivity contribution in [2.45, 2.75) is 113 Å². The Morgan fingerprint density at radius 1 is 0.488 bits per heavy atom. The van der Waals surface area contributed by atoms with Crippen LogP contribution in [0.3, 0.4) is 0 Å². The summed E-state index contributed by atoms with van der Waals surface area (Å²) in [6.07, 6.45) is -21.3. The van der Waals surface area contributed by atoms with Crippen LogP contribution in [-0.2, 0) is 17.6 Å². The highest BCUT2D eigenvalue weighted by Crippen LogP contribution is 2.38. The Bertz CT molecular complexity index is 906. The minimum absolute atomic E-state index is 0.0482. The van der Waals surface area contributed by atoms with Gasteiger partial charge in [0.05, 0.1) is 0 Å². The quantitative estimate of drug-likeness (QED) is 0.108. The zero-order valence-electron chi connectivity index (χ0n) is 22.6. The van der Waals surface area contributed by atoms with Gasteiger partial charge in [-0.05, 0) is 36.8 Å². The normalized spacial score (nSPS) is 14.7. The van der Waals surface area contributed by atoms with E-state index in [9.17, 15) is 43.9 Å². The van der Waals surface area contributed by atoms with Gasteiger partial charge in [-0.15, -0.1) is 0 Å². The fourth-order valence-electron chi connectivity index (χ4n) is 4.38. The smallest absolute Gasteiger partial charge is 0.251 e. The van der Waals surface area contributed by atoms with Crippen LogP contribution in [0.5, 0.6) is 0 Å². The van der Waals surface area contributed by atoms with E-state index in [-0.39, 0.29) is 38.5 Å². The van der Waals surface area contributed by atoms with Gasteiger partial charge in [-0.25, -0.2) is 26.3 Å². The number of hydrogen-bond donors (Lipinski definition) is 0. The van der Waals surface area contributed by atoms with Gasteiger partial charge in [0.2, 0.25) is 0 Å². The summed E-state index contributed by atoms with van der Waals surface area (Å²) in [5.41, 5.74) is 0.844. The lowest BCUT2D eigenvalue weighted by Gasteiger charge is -2.28. The van der Waals surface area contributed by atoms with Crippen molar-refractivity contribution in [2.75, 3.05) is 0 Å². The lowest BCUT2D eigenvalue weighted by molar-refractivity contribution is -0.406. The van der Waals surface area contributed by atoms with E-state index in [0.29, 0.717) is 11.1 Å². The van der Waals surface area contributed by atoms with Crippen LogP contribution in [0, 0.1) is 0 Å². The maximum Gasteiger partial charge on any atom is 0.391 e. The average Bonchev–Trinajstić information content (AvgIpc) is 2.88. The highest BCUT2D eigenvalue weighted by atomic mass is 19.3. The molecule has 2 aromatic rings. The lowest BCUT2D eigenvalue weighted by Crippen LogP contribution is -2.45. The average molecular weight is 603 g/mol. The van der Waals surface area contributed by atoms with E-state index in [1.54, 1.807) is 36.4 Å². The fraction of sp³-hybridized carbons (Fsp3) is 0.600. The Morgan fingerprint density at radius 2 is 0.829 bits per heavy atom. The molecule has 2 rings (SSSR count). The Balaban J connectivity index is 1.66. The van der Waals surface area contributed by atoms with Crippen molar-refractivity contribution >= 4 is 0 Å². The molecule has 41 heavy (non-hydrogen) atoms. The molecule has 0 aliphatic heterocycles. The van der Waals surface area contributed by atoms with Crippen LogP contribution in [0.25, 0.3) is 0 Å². The van der Waals surface area contributed by atoms with Crippen LogP contribution in [-0.4, -0.2) is 36.4 Å². The number of hydrogen-bond acceptors (Lipinski definition) is 1. The molecule has 0 radical (unpaired) electrons. The summed E-state index contributed by atoms with van der Waals surface area (Å²) in [5.74, 6) is -6.10. The molecule has 0 fully saturated rings. The standard InChI is InChI=1S/C30H36F10O/c31-25(17-9-3-11-19-27(33,34)21-23-13-5-1-6-14-23)29(37,38)41-30(39,40)26(32)18-10-4-12-20-28(35,36)22-24-15-7-2-8-16-24/h1-2,5-8,13-16,25-26H,3-4,9-12,17-22H2. The Labute approximate surface area is 234 Å². The van der Waals surface area contributed by atoms with Gasteiger partial charge >= 0.3 is 12.2 Å². The number of alkyl halides is 10. The van der Waals surface area contributed by atoms with E-state index in [0.717, 1.165) is 0 Å². The second-order valence-corrected chi connectivity index (χ2v) is 10.4. The summed E-state index contributed by atoms with van der Waals surface area (Å²) >= 11 is 0. The van der Waals surface area contributed by atoms with Crippen molar-refractivity contribution in [3.8, 4) is 0 Å². The highest BCUT2D eigenvalue weighted by molar-refractivity contribution is 5.17. The van der Waals surface area contributed by atoms with Gasteiger partial charge in [0.15, 0.2) is 12.3 Å². The number of ether oxygens (including phenoxy) is 1. The summed E-state index contributed by atoms with van der Waals surface area (Å²) in [6.45, 7) is 0. The summed E-state index contributed by atoms with van der Waals surface area (Å²) < 4.78 is 143. The molecule has 2 unspecified atom stereocenters. The van der Waals surface area contributed by atoms with Gasteiger partial charge in [-0.1, -0.05) is 86.3 Å². The molecule has 0 bridgehead atoms. The van der Waals surface area contributed by atoms with Crippen molar-refractivity contribution < 1.29 is 48.6 Å². The van der Waals surface area contributed by atoms with E-state index in [4.69, 9.17) is 0 Å². The molecule has 0 heterocycles. The summed E-state index contributed by atoms with van der Waals surface area (Å²) in [5, 5.41) is 0. The van der Waals surface area contributed by atoms with Gasteiger partial charge in [0.1, 0.15) is 0 Å². The lowest BCUT2D eigenvalue weighted by atomic mass is 10.0. The van der Waals surface area contributed by atoms with E-state index in [1.807, 2.05) is 0 Å². The zero-order chi connectivity index (χ0) is 30.6. The molecule has 0 aliphatic rings. The molecule has 2 atom stereocenters. The maximum absolute atomic E-state index is 14.0. The minimum Gasteiger partial charge on any atom is -0.251 e. The van der Waals surface area contributed by atoms with Crippen LogP contribution < -0.4 is 0 Å². The number of unbranched alkanes of at least 4 members (excludes halogenated alkanes) is 4. The first-order chi connectivity index (χ1) is 19.1. The maximum atomic E-state index is 14.0. The summed E-state index contributed by atoms with van der Waals surface area (Å²) in [6, 6.07) is 16.0. The Kier molecular flexibility index (Phi) is 13.4. The molecule has 0 amide bonds. The zero-order valence-corrected chi connectivity index (χ0v) is 22.6. The van der Waals surface area contributed by atoms with E-state index in [1.165, 1.54) is 24.3 Å². The van der Waals surface area contributed by atoms with E-state index < -0.39 is 74.9 Å². The fourth-order valence-corrected chi connectivity index (χ4v) is 4.38. The summed E-state index contributed by atoms with van der Waals surface area (Å²) in [4.78, 5) is 0. The van der Waals surface area contributed by atoms with E-state index >= 15 is 0 Å². The van der Waals surface area contributed by atoms with Crippen LogP contribution in [0.2, 0.25) is 0 Å². The first-order valence-corrected chi connectivity index (χ1v) is 13.7. The first-order valence-electron chi connectivity index (χ1n) is 13.7. The third-order valence-corrected chi connectivity index (χ3v) is 6.61. The number of benzene rings is 2. The first kappa shape index (κ1) is 34.9. The van der Waals surface area contributed by atoms with Crippen LogP contribution in [0.15, 0.2) is 60.7 Å². The SMILES string of the molecule is FC(CCCCCC(F)(F)Cc1ccccc1)C(F)(F)OC(F)(F)C(F)CCCCCC(F)(F)Cc1ccccc1. The van der Waals surface area contributed by atoms with Gasteiger partial charge in [-0.3, -0.25) is 4.74 Å². The second-order valence-electron chi connectivity index (χ2n) is 10.4. The van der Waals surface area contributed by atoms with Crippen molar-refractivity contribution in [2.24, 2.45) is 0 Å². The Hall–Kier alpha value is -2.30. The molecule has 0 N–H and O–H groups in total. The van der Waals surface area contributed by atoms with Crippen LogP contribution in [0.4, 0.5) is 43.9 Å². The summed E-state index contributed by atoms with van der Waals surface area (Å²) in [7, 11) is 0. The second kappa shape index (κ2) is 15.8. The van der Waals surface area contributed by atoms with Crippen molar-refractivity contribution in [3.05, 3.63) is 71.8 Å². The van der Waals surface area contributed by atoms with Crippen molar-refractivity contribution in [3.63, 3.8) is 0 Å². The van der Waals surface area contributed by atoms with E-state index in [2.05, 4.69) is 4.74 Å². The molecule has 0 aliphatic carbocycles. The molecular weight excluding hydrogens is 566 g/mol. The van der Waals surface area contributed by atoms with Crippen molar-refractivity contribution in [1.82, 2.24) is 0 Å². The molecule has 0 saturated heterocycles. The van der Waals surface area contributed by atoms with Gasteiger partial charge in [-0.2, -0.15) is 17.6 Å². The topological polar surface area (TPSA) is 9.23 Å². The third-order valence-electron chi connectivity index (χ3n) is 6.61. The number of rotatable bonds is 20. The monoisotopic (exact) mass is 602 g/mol. The van der Waals surface area contributed by atoms with Crippen LogP contribution in [0.1, 0.15) is 75.3 Å². The predicted molar refractivity (Wildman–Crippen MR) is 137 cm³/mol. The molecule has 1 nitrogen and oxygen atoms in total. The van der Waals surface area contributed by atoms with Gasteiger partial charge < -0.3 is 0 Å². The van der Waals surface area contributed by atoms with Crippen molar-refractivity contribution in [1.29, 1.82) is 0 Å². The molecule has 0 aromatic heterocycles. The largest absolute Gasteiger partial charge is 0.391 e. The third kappa shape index (κ3) is 13.5. The van der Waals surface area contributed by atoms with Gasteiger partial charge in [0, 0.05) is 25.7 Å². The molecule has 0 spiro atoms. The predicted octanol–water partition coefficient (Wildman–Crippen LogP) is 10.5. The van der Waals surface area contributed by atoms with Crippen LogP contribution >= 0.6 is 0 Å².